The van der Waals surface area contributed by atoms with E-state index < -0.39 is 0 Å². The van der Waals surface area contributed by atoms with E-state index in [1.165, 1.54) is 0 Å². The first-order valence-electron chi connectivity index (χ1n) is 4.70. The highest BCUT2D eigenvalue weighted by atomic mass is 79.9. The highest BCUT2D eigenvalue weighted by Gasteiger charge is 2.07. The third-order valence-electron chi connectivity index (χ3n) is 1.95. The predicted octanol–water partition coefficient (Wildman–Crippen LogP) is 3.14. The van der Waals surface area contributed by atoms with E-state index in [9.17, 15) is 4.79 Å². The van der Waals surface area contributed by atoms with Crippen molar-refractivity contribution >= 4 is 39.3 Å². The standard InChI is InChI=1S/C11H7BrClN3O/c12-8-6-7(4-5-14-8)11(17)16-10-3-1-2-9(13)15-10/h1-6H,(H,15,16,17). The molecule has 0 saturated carbocycles. The molecular weight excluding hydrogens is 305 g/mol. The minimum absolute atomic E-state index is 0.261. The lowest BCUT2D eigenvalue weighted by Crippen LogP contribution is -2.13. The highest BCUT2D eigenvalue weighted by Crippen LogP contribution is 2.12. The average molecular weight is 313 g/mol. The first-order chi connectivity index (χ1) is 8.15. The van der Waals surface area contributed by atoms with E-state index in [2.05, 4.69) is 31.2 Å². The van der Waals surface area contributed by atoms with E-state index >= 15 is 0 Å². The average Bonchev–Trinajstić information content (AvgIpc) is 2.29. The fourth-order valence-corrected chi connectivity index (χ4v) is 1.74. The zero-order valence-electron chi connectivity index (χ0n) is 8.52. The number of amides is 1. The Morgan fingerprint density at radius 3 is 2.88 bits per heavy atom. The van der Waals surface area contributed by atoms with Gasteiger partial charge in [-0.3, -0.25) is 4.79 Å². The molecule has 0 unspecified atom stereocenters. The van der Waals surface area contributed by atoms with Gasteiger partial charge in [0.1, 0.15) is 15.6 Å². The van der Waals surface area contributed by atoms with Gasteiger partial charge in [0.2, 0.25) is 0 Å². The number of nitrogens with zero attached hydrogens (tertiary/aromatic N) is 2. The summed E-state index contributed by atoms with van der Waals surface area (Å²) in [5.41, 5.74) is 0.494. The molecule has 0 fully saturated rings. The maximum absolute atomic E-state index is 11.8. The van der Waals surface area contributed by atoms with Gasteiger partial charge in [0.05, 0.1) is 0 Å². The summed E-state index contributed by atoms with van der Waals surface area (Å²) in [7, 11) is 0. The molecule has 0 bridgehead atoms. The molecule has 0 spiro atoms. The van der Waals surface area contributed by atoms with Gasteiger partial charge in [-0.2, -0.15) is 0 Å². The summed E-state index contributed by atoms with van der Waals surface area (Å²) in [5, 5.41) is 2.98. The smallest absolute Gasteiger partial charge is 0.256 e. The molecule has 0 aliphatic rings. The molecule has 1 amide bonds. The van der Waals surface area contributed by atoms with Crippen LogP contribution in [-0.2, 0) is 0 Å². The summed E-state index contributed by atoms with van der Waals surface area (Å²) < 4.78 is 0.601. The van der Waals surface area contributed by atoms with Crippen LogP contribution in [0.15, 0.2) is 41.1 Å². The Bertz CT molecular complexity index is 562. The molecule has 2 rings (SSSR count). The number of hydrogen-bond donors (Lipinski definition) is 1. The molecule has 1 N–H and O–H groups in total. The number of anilines is 1. The highest BCUT2D eigenvalue weighted by molar-refractivity contribution is 9.10. The Kier molecular flexibility index (Phi) is 3.71. The molecule has 6 heteroatoms. The van der Waals surface area contributed by atoms with Gasteiger partial charge in [0.25, 0.3) is 5.91 Å². The molecule has 2 aromatic heterocycles. The molecule has 0 aliphatic carbocycles. The number of nitrogens with one attached hydrogen (secondary N) is 1. The number of carbonyl (C=O) groups excluding carboxylic acids is 1. The van der Waals surface area contributed by atoms with Crippen LogP contribution in [0.5, 0.6) is 0 Å². The topological polar surface area (TPSA) is 54.9 Å². The first kappa shape index (κ1) is 12.0. The second-order valence-electron chi connectivity index (χ2n) is 3.17. The SMILES string of the molecule is O=C(Nc1cccc(Cl)n1)c1ccnc(Br)c1. The molecule has 17 heavy (non-hydrogen) atoms. The molecule has 0 aliphatic heterocycles. The second-order valence-corrected chi connectivity index (χ2v) is 4.37. The third-order valence-corrected chi connectivity index (χ3v) is 2.59. The van der Waals surface area contributed by atoms with Crippen molar-refractivity contribution < 1.29 is 4.79 Å². The van der Waals surface area contributed by atoms with E-state index in [0.717, 1.165) is 0 Å². The maximum Gasteiger partial charge on any atom is 0.256 e. The van der Waals surface area contributed by atoms with Gasteiger partial charge in [-0.1, -0.05) is 17.7 Å². The lowest BCUT2D eigenvalue weighted by molar-refractivity contribution is 0.102. The summed E-state index contributed by atoms with van der Waals surface area (Å²) in [4.78, 5) is 19.7. The van der Waals surface area contributed by atoms with Crippen LogP contribution in [-0.4, -0.2) is 15.9 Å². The first-order valence-corrected chi connectivity index (χ1v) is 5.88. The Morgan fingerprint density at radius 2 is 2.18 bits per heavy atom. The number of hydrogen-bond acceptors (Lipinski definition) is 3. The van der Waals surface area contributed by atoms with Crippen molar-refractivity contribution in [3.63, 3.8) is 0 Å². The molecule has 0 atom stereocenters. The van der Waals surface area contributed by atoms with Gasteiger partial charge < -0.3 is 5.32 Å². The zero-order valence-corrected chi connectivity index (χ0v) is 10.9. The van der Waals surface area contributed by atoms with Gasteiger partial charge in [0, 0.05) is 11.8 Å². The van der Waals surface area contributed by atoms with E-state index in [4.69, 9.17) is 11.6 Å². The second kappa shape index (κ2) is 5.25. The Balaban J connectivity index is 2.17. The fraction of sp³-hybridized carbons (Fsp3) is 0. The fourth-order valence-electron chi connectivity index (χ4n) is 1.21. The zero-order chi connectivity index (χ0) is 12.3. The normalized spacial score (nSPS) is 10.0. The molecule has 4 nitrogen and oxygen atoms in total. The van der Waals surface area contributed by atoms with Gasteiger partial charge in [0.15, 0.2) is 0 Å². The lowest BCUT2D eigenvalue weighted by Gasteiger charge is -2.04. The number of rotatable bonds is 2. The van der Waals surface area contributed by atoms with Crippen LogP contribution < -0.4 is 5.32 Å². The van der Waals surface area contributed by atoms with E-state index in [1.54, 1.807) is 36.5 Å². The largest absolute Gasteiger partial charge is 0.307 e. The van der Waals surface area contributed by atoms with Crippen LogP contribution in [0.4, 0.5) is 5.82 Å². The maximum atomic E-state index is 11.8. The summed E-state index contributed by atoms with van der Waals surface area (Å²) in [6, 6.07) is 8.26. The molecule has 0 saturated heterocycles. The summed E-state index contributed by atoms with van der Waals surface area (Å²) >= 11 is 8.92. The Hall–Kier alpha value is -1.46. The van der Waals surface area contributed by atoms with Crippen LogP contribution in [0.2, 0.25) is 5.15 Å². The van der Waals surface area contributed by atoms with Crippen LogP contribution in [0.25, 0.3) is 0 Å². The van der Waals surface area contributed by atoms with Crippen LogP contribution in [0.1, 0.15) is 10.4 Å². The van der Waals surface area contributed by atoms with Crippen LogP contribution in [0.3, 0.4) is 0 Å². The van der Waals surface area contributed by atoms with Crippen molar-refractivity contribution in [2.45, 2.75) is 0 Å². The van der Waals surface area contributed by atoms with Crippen molar-refractivity contribution in [2.24, 2.45) is 0 Å². The van der Waals surface area contributed by atoms with E-state index in [1.807, 2.05) is 0 Å². The molecule has 2 heterocycles. The number of carbonyl (C=O) groups is 1. The van der Waals surface area contributed by atoms with Crippen molar-refractivity contribution in [3.8, 4) is 0 Å². The van der Waals surface area contributed by atoms with Crippen molar-refractivity contribution in [3.05, 3.63) is 51.8 Å². The summed E-state index contributed by atoms with van der Waals surface area (Å²) in [6.45, 7) is 0. The number of halogens is 2. The number of pyridine rings is 2. The molecule has 0 radical (unpaired) electrons. The lowest BCUT2D eigenvalue weighted by atomic mass is 10.2. The van der Waals surface area contributed by atoms with Crippen molar-refractivity contribution in [1.82, 2.24) is 9.97 Å². The molecule has 2 aromatic rings. The van der Waals surface area contributed by atoms with Crippen LogP contribution in [0, 0.1) is 0 Å². The van der Waals surface area contributed by atoms with Crippen molar-refractivity contribution in [2.75, 3.05) is 5.32 Å². The van der Waals surface area contributed by atoms with Crippen LogP contribution >= 0.6 is 27.5 Å². The predicted molar refractivity (Wildman–Crippen MR) is 69.1 cm³/mol. The molecule has 86 valence electrons. The van der Waals surface area contributed by atoms with E-state index in [-0.39, 0.29) is 5.91 Å². The monoisotopic (exact) mass is 311 g/mol. The Morgan fingerprint density at radius 1 is 1.35 bits per heavy atom. The third kappa shape index (κ3) is 3.25. The van der Waals surface area contributed by atoms with Gasteiger partial charge in [-0.25, -0.2) is 9.97 Å². The Labute approximate surface area is 111 Å². The minimum Gasteiger partial charge on any atom is -0.307 e. The summed E-state index contributed by atoms with van der Waals surface area (Å²) in [6.07, 6.45) is 1.55. The molecule has 0 aromatic carbocycles. The quantitative estimate of drug-likeness (QED) is 0.867. The summed E-state index contributed by atoms with van der Waals surface area (Å²) in [5.74, 6) is 0.151. The van der Waals surface area contributed by atoms with E-state index in [0.29, 0.717) is 21.1 Å². The van der Waals surface area contributed by atoms with Gasteiger partial charge >= 0.3 is 0 Å². The van der Waals surface area contributed by atoms with Gasteiger partial charge in [-0.05, 0) is 40.2 Å². The molecular formula is C11H7BrClN3O. The van der Waals surface area contributed by atoms with Crippen molar-refractivity contribution in [1.29, 1.82) is 0 Å². The minimum atomic E-state index is -0.261. The number of aromatic nitrogens is 2. The van der Waals surface area contributed by atoms with Gasteiger partial charge in [-0.15, -0.1) is 0 Å².